The van der Waals surface area contributed by atoms with Gasteiger partial charge < -0.3 is 14.2 Å². The Morgan fingerprint density at radius 1 is 0.944 bits per heavy atom. The summed E-state index contributed by atoms with van der Waals surface area (Å²) in [4.78, 5) is 0. The Morgan fingerprint density at radius 2 is 1.50 bits per heavy atom. The van der Waals surface area contributed by atoms with Crippen molar-refractivity contribution in [2.24, 2.45) is 0 Å². The number of unbranched alkanes of at least 4 members (excludes halogenated alkanes) is 7. The van der Waals surface area contributed by atoms with Gasteiger partial charge in [-0.25, -0.2) is 0 Å². The number of rotatable bonds is 14. The third kappa shape index (κ3) is 10.6. The van der Waals surface area contributed by atoms with Crippen molar-refractivity contribution in [1.29, 1.82) is 0 Å². The largest absolute Gasteiger partial charge is 0.502 e. The summed E-state index contributed by atoms with van der Waals surface area (Å²) < 4.78 is 15.6. The fourth-order valence-electron chi connectivity index (χ4n) is 1.91. The van der Waals surface area contributed by atoms with E-state index in [1.54, 1.807) is 0 Å². The van der Waals surface area contributed by atoms with E-state index in [0.717, 1.165) is 32.8 Å². The molecule has 0 aromatic rings. The van der Waals surface area contributed by atoms with Gasteiger partial charge in [0.05, 0.1) is 26.1 Å². The smallest absolute Gasteiger partial charge is 0.104 e. The van der Waals surface area contributed by atoms with Crippen LogP contribution in [0.4, 0.5) is 0 Å². The minimum Gasteiger partial charge on any atom is -0.502 e. The van der Waals surface area contributed by atoms with Gasteiger partial charge in [0.2, 0.25) is 0 Å². The summed E-state index contributed by atoms with van der Waals surface area (Å²) in [6.07, 6.45) is 12.2. The maximum absolute atomic E-state index is 5.49. The molecule has 0 radical (unpaired) electrons. The van der Waals surface area contributed by atoms with Gasteiger partial charge >= 0.3 is 0 Å². The van der Waals surface area contributed by atoms with Crippen LogP contribution in [0.2, 0.25) is 0 Å². The Kier molecular flexibility index (Phi) is 9.95. The maximum atomic E-state index is 5.49. The van der Waals surface area contributed by atoms with Crippen molar-refractivity contribution >= 4 is 0 Å². The number of hydrogen-bond donors (Lipinski definition) is 0. The quantitative estimate of drug-likeness (QED) is 0.270. The monoisotopic (exact) mass is 256 g/mol. The van der Waals surface area contributed by atoms with E-state index in [4.69, 9.17) is 14.2 Å². The van der Waals surface area contributed by atoms with Crippen molar-refractivity contribution in [3.63, 3.8) is 0 Å². The average molecular weight is 256 g/mol. The van der Waals surface area contributed by atoms with Crippen LogP contribution in [0.5, 0.6) is 0 Å². The summed E-state index contributed by atoms with van der Waals surface area (Å²) in [7, 11) is 0. The molecule has 1 aliphatic rings. The topological polar surface area (TPSA) is 31.0 Å². The minimum atomic E-state index is 0.412. The normalized spacial score (nSPS) is 17.7. The Balaban J connectivity index is 1.61. The lowest BCUT2D eigenvalue weighted by molar-refractivity contribution is 0.113. The van der Waals surface area contributed by atoms with Crippen molar-refractivity contribution in [3.8, 4) is 0 Å². The third-order valence-corrected chi connectivity index (χ3v) is 3.12. The maximum Gasteiger partial charge on any atom is 0.104 e. The summed E-state index contributed by atoms with van der Waals surface area (Å²) in [5.41, 5.74) is 0. The molecule has 18 heavy (non-hydrogen) atoms. The van der Waals surface area contributed by atoms with Crippen LogP contribution in [0, 0.1) is 0 Å². The fraction of sp³-hybridized carbons (Fsp3) is 0.867. The molecule has 1 aliphatic heterocycles. The van der Waals surface area contributed by atoms with E-state index in [9.17, 15) is 0 Å². The zero-order chi connectivity index (χ0) is 12.9. The summed E-state index contributed by atoms with van der Waals surface area (Å²) in [6, 6.07) is 0. The van der Waals surface area contributed by atoms with Crippen LogP contribution in [0.15, 0.2) is 12.8 Å². The Hall–Kier alpha value is -0.540. The second-order valence-corrected chi connectivity index (χ2v) is 4.90. The van der Waals surface area contributed by atoms with Crippen LogP contribution < -0.4 is 0 Å². The van der Waals surface area contributed by atoms with Crippen LogP contribution in [0.25, 0.3) is 0 Å². The van der Waals surface area contributed by atoms with Crippen molar-refractivity contribution in [3.05, 3.63) is 12.8 Å². The molecule has 0 aromatic heterocycles. The molecular formula is C15H28O3. The summed E-state index contributed by atoms with van der Waals surface area (Å²) in [5.74, 6) is 0. The van der Waals surface area contributed by atoms with E-state index in [1.165, 1.54) is 51.2 Å². The van der Waals surface area contributed by atoms with Crippen LogP contribution in [-0.2, 0) is 14.2 Å². The Morgan fingerprint density at radius 3 is 2.06 bits per heavy atom. The highest BCUT2D eigenvalue weighted by atomic mass is 16.6. The first kappa shape index (κ1) is 15.5. The first-order valence-corrected chi connectivity index (χ1v) is 7.35. The fourth-order valence-corrected chi connectivity index (χ4v) is 1.91. The summed E-state index contributed by atoms with van der Waals surface area (Å²) >= 11 is 0. The minimum absolute atomic E-state index is 0.412. The molecule has 0 spiro atoms. The van der Waals surface area contributed by atoms with Gasteiger partial charge in [0.15, 0.2) is 0 Å². The van der Waals surface area contributed by atoms with Crippen molar-refractivity contribution in [1.82, 2.24) is 0 Å². The first-order chi connectivity index (χ1) is 8.93. The molecule has 0 bridgehead atoms. The second kappa shape index (κ2) is 11.5. The zero-order valence-electron chi connectivity index (χ0n) is 11.6. The van der Waals surface area contributed by atoms with Gasteiger partial charge in [-0.3, -0.25) is 0 Å². The number of hydrogen-bond acceptors (Lipinski definition) is 3. The van der Waals surface area contributed by atoms with Crippen molar-refractivity contribution < 1.29 is 14.2 Å². The van der Waals surface area contributed by atoms with Crippen molar-refractivity contribution in [2.45, 2.75) is 57.5 Å². The average Bonchev–Trinajstić information content (AvgIpc) is 3.19. The van der Waals surface area contributed by atoms with Gasteiger partial charge in [0.1, 0.15) is 6.10 Å². The molecule has 3 nitrogen and oxygen atoms in total. The summed E-state index contributed by atoms with van der Waals surface area (Å²) in [6.45, 7) is 6.95. The molecule has 106 valence electrons. The van der Waals surface area contributed by atoms with Crippen LogP contribution in [-0.4, -0.2) is 32.5 Å². The molecule has 0 amide bonds. The third-order valence-electron chi connectivity index (χ3n) is 3.12. The predicted octanol–water partition coefficient (Wildman–Crippen LogP) is 3.68. The molecule has 0 N–H and O–H groups in total. The van der Waals surface area contributed by atoms with E-state index >= 15 is 0 Å². The molecule has 1 unspecified atom stereocenters. The number of ether oxygens (including phenoxy) is 3. The highest BCUT2D eigenvalue weighted by Crippen LogP contribution is 2.10. The van der Waals surface area contributed by atoms with Crippen LogP contribution in [0.3, 0.4) is 0 Å². The molecule has 0 aliphatic carbocycles. The molecule has 1 atom stereocenters. The van der Waals surface area contributed by atoms with Gasteiger partial charge in [0.25, 0.3) is 0 Å². The van der Waals surface area contributed by atoms with Gasteiger partial charge in [-0.15, -0.1) is 0 Å². The van der Waals surface area contributed by atoms with Gasteiger partial charge in [-0.2, -0.15) is 0 Å². The predicted molar refractivity (Wildman–Crippen MR) is 73.6 cm³/mol. The molecule has 0 aromatic carbocycles. The van der Waals surface area contributed by atoms with Gasteiger partial charge in [0, 0.05) is 6.61 Å². The van der Waals surface area contributed by atoms with E-state index in [1.807, 2.05) is 0 Å². The van der Waals surface area contributed by atoms with Gasteiger partial charge in [-0.05, 0) is 12.8 Å². The zero-order valence-corrected chi connectivity index (χ0v) is 11.6. The van der Waals surface area contributed by atoms with Gasteiger partial charge in [-0.1, -0.05) is 45.1 Å². The van der Waals surface area contributed by atoms with Crippen molar-refractivity contribution in [2.75, 3.05) is 26.4 Å². The van der Waals surface area contributed by atoms with E-state index < -0.39 is 0 Å². The van der Waals surface area contributed by atoms with E-state index in [2.05, 4.69) is 6.58 Å². The van der Waals surface area contributed by atoms with Crippen LogP contribution >= 0.6 is 0 Å². The lowest BCUT2D eigenvalue weighted by atomic mass is 10.1. The lowest BCUT2D eigenvalue weighted by Gasteiger charge is -2.03. The second-order valence-electron chi connectivity index (χ2n) is 4.90. The molecule has 1 rings (SSSR count). The highest BCUT2D eigenvalue weighted by molar-refractivity contribution is 4.66. The molecule has 1 heterocycles. The molecular weight excluding hydrogens is 228 g/mol. The molecule has 3 heteroatoms. The molecule has 1 saturated heterocycles. The molecule has 0 saturated carbocycles. The Labute approximate surface area is 111 Å². The first-order valence-electron chi connectivity index (χ1n) is 7.35. The Bertz CT molecular complexity index is 190. The number of epoxide rings is 1. The standard InChI is InChI=1S/C15H28O3/c1-2-16-11-9-7-5-3-4-6-8-10-12-17-13-15-14-18-15/h2,15H,1,3-14H2. The highest BCUT2D eigenvalue weighted by Gasteiger charge is 2.21. The summed E-state index contributed by atoms with van der Waals surface area (Å²) in [5, 5.41) is 0. The van der Waals surface area contributed by atoms with Crippen LogP contribution in [0.1, 0.15) is 51.4 Å². The van der Waals surface area contributed by atoms with E-state index in [-0.39, 0.29) is 0 Å². The molecule has 1 fully saturated rings. The van der Waals surface area contributed by atoms with E-state index in [0.29, 0.717) is 6.10 Å². The lowest BCUT2D eigenvalue weighted by Crippen LogP contribution is -2.02. The SMILES string of the molecule is C=COCCCCCCCCCCOCC1CO1.